The molecule has 0 radical (unpaired) electrons. The lowest BCUT2D eigenvalue weighted by atomic mass is 10.2. The number of para-hydroxylation sites is 1. The third-order valence-corrected chi connectivity index (χ3v) is 10.4. The largest absolute Gasteiger partial charge is 0.480 e. The van der Waals surface area contributed by atoms with Crippen LogP contribution in [0.25, 0.3) is 11.0 Å². The first-order valence-electron chi connectivity index (χ1n) is 11.4. The van der Waals surface area contributed by atoms with Gasteiger partial charge in [-0.2, -0.15) is 8.42 Å². The van der Waals surface area contributed by atoms with E-state index in [2.05, 4.69) is 0 Å². The van der Waals surface area contributed by atoms with Crippen LogP contribution >= 0.6 is 47.1 Å². The number of carboxylic acids is 2. The molecule has 1 amide bonds. The fourth-order valence-corrected chi connectivity index (χ4v) is 8.18. The number of carbonyl (C=O) groups excluding carboxylic acids is 1. The first-order chi connectivity index (χ1) is 18.8. The molecule has 3 N–H and O–H groups in total. The van der Waals surface area contributed by atoms with Crippen molar-refractivity contribution in [3.63, 3.8) is 0 Å². The van der Waals surface area contributed by atoms with Crippen molar-refractivity contribution in [1.82, 2.24) is 9.47 Å². The minimum Gasteiger partial charge on any atom is -0.480 e. The molecule has 0 spiro atoms. The molecule has 17 heteroatoms. The monoisotopic (exact) mass is 643 g/mol. The molecule has 1 saturated heterocycles. The Bertz CT molecular complexity index is 1760. The van der Waals surface area contributed by atoms with E-state index in [1.165, 1.54) is 11.8 Å². The molecule has 0 bridgehead atoms. The Balaban J connectivity index is 1.83. The van der Waals surface area contributed by atoms with Crippen LogP contribution in [0.3, 0.4) is 0 Å². The van der Waals surface area contributed by atoms with E-state index < -0.39 is 52.4 Å². The lowest BCUT2D eigenvalue weighted by molar-refractivity contribution is -0.140. The summed E-state index contributed by atoms with van der Waals surface area (Å²) in [5.41, 5.74) is 0.805. The number of hydrogen-bond donors (Lipinski definition) is 3. The van der Waals surface area contributed by atoms with Crippen molar-refractivity contribution >= 4 is 96.0 Å². The maximum absolute atomic E-state index is 13.3. The number of nitrogens with zero attached hydrogens (tertiary/aromatic N) is 3. The highest BCUT2D eigenvalue weighted by molar-refractivity contribution is 8.30. The van der Waals surface area contributed by atoms with Gasteiger partial charge in [0, 0.05) is 11.4 Å². The summed E-state index contributed by atoms with van der Waals surface area (Å²) in [5, 5.41) is 19.2. The summed E-state index contributed by atoms with van der Waals surface area (Å²) in [7, 11) is -4.15. The number of fused-ring (bicyclic) bond motifs is 1. The number of amides is 1. The molecule has 3 heterocycles. The Morgan fingerprint density at radius 2 is 1.73 bits per heavy atom. The summed E-state index contributed by atoms with van der Waals surface area (Å²) in [6, 6.07) is 7.44. The van der Waals surface area contributed by atoms with Gasteiger partial charge in [-0.3, -0.25) is 33.2 Å². The minimum atomic E-state index is -4.15. The number of thiazole rings is 1. The number of benzene rings is 1. The molecule has 0 aliphatic carbocycles. The Morgan fingerprint density at radius 3 is 2.38 bits per heavy atom. The smallest absolute Gasteiger partial charge is 0.323 e. The molecular weight excluding hydrogens is 623 g/mol. The molecule has 0 unspecified atom stereocenters. The van der Waals surface area contributed by atoms with Gasteiger partial charge in [0.2, 0.25) is 0 Å². The van der Waals surface area contributed by atoms with Crippen molar-refractivity contribution in [2.24, 2.45) is 0 Å². The molecular formula is C23H21N3O9S5. The van der Waals surface area contributed by atoms with E-state index >= 15 is 0 Å². The summed E-state index contributed by atoms with van der Waals surface area (Å²) < 4.78 is 32.8. The van der Waals surface area contributed by atoms with Gasteiger partial charge in [0.05, 0.1) is 21.0 Å². The lowest BCUT2D eigenvalue weighted by Crippen LogP contribution is -2.36. The quantitative estimate of drug-likeness (QED) is 0.261. The molecule has 1 aromatic carbocycles. The maximum atomic E-state index is 13.3. The zero-order valence-electron chi connectivity index (χ0n) is 20.6. The van der Waals surface area contributed by atoms with E-state index in [4.69, 9.17) is 21.9 Å². The normalized spacial score (nSPS) is 18.5. The first-order valence-corrected chi connectivity index (χ1v) is 15.9. The van der Waals surface area contributed by atoms with Crippen LogP contribution in [0, 0.1) is 0 Å². The zero-order chi connectivity index (χ0) is 29.4. The maximum Gasteiger partial charge on any atom is 0.323 e. The molecule has 1 aromatic heterocycles. The number of aliphatic carboxylic acids is 2. The Labute approximate surface area is 245 Å². The predicted octanol–water partition coefficient (Wildman–Crippen LogP) is 0.950. The molecule has 0 atom stereocenters. The topological polar surface area (TPSA) is 175 Å². The number of hydrogen-bond acceptors (Lipinski definition) is 11. The second kappa shape index (κ2) is 11.9. The van der Waals surface area contributed by atoms with Crippen LogP contribution in [0.2, 0.25) is 0 Å². The molecule has 40 heavy (non-hydrogen) atoms. The van der Waals surface area contributed by atoms with Crippen LogP contribution in [0.4, 0.5) is 5.69 Å². The Morgan fingerprint density at radius 1 is 1.05 bits per heavy atom. The summed E-state index contributed by atoms with van der Waals surface area (Å²) in [4.78, 5) is 52.6. The highest BCUT2D eigenvalue weighted by atomic mass is 32.2. The van der Waals surface area contributed by atoms with Gasteiger partial charge < -0.3 is 15.1 Å². The number of aromatic nitrogens is 1. The Kier molecular flexibility index (Phi) is 8.91. The Hall–Kier alpha value is -2.96. The molecule has 2 aliphatic heterocycles. The highest BCUT2D eigenvalue weighted by Crippen LogP contribution is 2.47. The van der Waals surface area contributed by atoms with Crippen molar-refractivity contribution in [2.45, 2.75) is 24.8 Å². The summed E-state index contributed by atoms with van der Waals surface area (Å²) >= 11 is 8.24. The van der Waals surface area contributed by atoms with Gasteiger partial charge in [-0.05, 0) is 37.1 Å². The van der Waals surface area contributed by atoms with Gasteiger partial charge in [-0.15, -0.1) is 11.3 Å². The second-order valence-electron chi connectivity index (χ2n) is 8.53. The van der Waals surface area contributed by atoms with Crippen molar-refractivity contribution < 1.29 is 37.6 Å². The number of anilines is 1. The minimum absolute atomic E-state index is 0.0189. The average molecular weight is 644 g/mol. The SMILES string of the molecule is CC(/C=c1\s/c(=C2\SC(=S)N(CC(=O)O)C2=O)n(CC(=O)O)c1=O)=C1\Sc2ccccc2N1CCCS(=O)(=O)O. The van der Waals surface area contributed by atoms with Crippen LogP contribution in [0.1, 0.15) is 13.3 Å². The van der Waals surface area contributed by atoms with Crippen LogP contribution in [-0.2, 0) is 31.0 Å². The van der Waals surface area contributed by atoms with Crippen molar-refractivity contribution in [3.05, 3.63) is 54.4 Å². The van der Waals surface area contributed by atoms with Gasteiger partial charge >= 0.3 is 11.9 Å². The molecule has 212 valence electrons. The van der Waals surface area contributed by atoms with Crippen LogP contribution < -0.4 is 19.7 Å². The lowest BCUT2D eigenvalue weighted by Gasteiger charge is -2.21. The van der Waals surface area contributed by atoms with E-state index in [1.54, 1.807) is 13.0 Å². The third-order valence-electron chi connectivity index (χ3n) is 5.61. The van der Waals surface area contributed by atoms with E-state index in [9.17, 15) is 32.7 Å². The first kappa shape index (κ1) is 30.0. The van der Waals surface area contributed by atoms with Gasteiger partial charge in [0.25, 0.3) is 21.6 Å². The van der Waals surface area contributed by atoms with Crippen molar-refractivity contribution in [3.8, 4) is 0 Å². The molecule has 0 saturated carbocycles. The van der Waals surface area contributed by atoms with Gasteiger partial charge in [-0.25, -0.2) is 0 Å². The number of allylic oxidation sites excluding steroid dienone is 1. The molecule has 1 fully saturated rings. The number of thioether (sulfide) groups is 2. The number of carboxylic acid groups (broad SMARTS) is 2. The standard InChI is InChI=1S/C23H21N3O9S5/c1-12(21-24(7-4-8-40(33,34)35)13-5-2-3-6-14(13)37-21)9-15-19(31)25(10-16(27)28)22(38-15)18-20(32)26(11-17(29)30)23(36)39-18/h2-3,5-6,9H,4,7-8,10-11H2,1H3,(H,27,28)(H,29,30)(H,33,34,35)/b15-9-,21-12+,22-18-. The van der Waals surface area contributed by atoms with Crippen molar-refractivity contribution in [1.29, 1.82) is 0 Å². The van der Waals surface area contributed by atoms with Gasteiger partial charge in [0.1, 0.15) is 27.0 Å². The van der Waals surface area contributed by atoms with E-state index in [-0.39, 0.29) is 31.4 Å². The summed E-state index contributed by atoms with van der Waals surface area (Å²) in [6.45, 7) is 0.622. The van der Waals surface area contributed by atoms with E-state index in [0.717, 1.165) is 43.1 Å². The highest BCUT2D eigenvalue weighted by Gasteiger charge is 2.35. The predicted molar refractivity (Wildman–Crippen MR) is 156 cm³/mol. The van der Waals surface area contributed by atoms with Crippen molar-refractivity contribution in [2.75, 3.05) is 23.7 Å². The van der Waals surface area contributed by atoms with Crippen LogP contribution in [-0.4, -0.2) is 73.7 Å². The average Bonchev–Trinajstić information content (AvgIpc) is 3.46. The molecule has 2 aliphatic rings. The van der Waals surface area contributed by atoms with Gasteiger partial charge in [-0.1, -0.05) is 47.9 Å². The molecule has 4 rings (SSSR count). The second-order valence-corrected chi connectivity index (χ2v) is 13.8. The number of rotatable bonds is 9. The molecule has 12 nitrogen and oxygen atoms in total. The zero-order valence-corrected chi connectivity index (χ0v) is 24.7. The fraction of sp³-hybridized carbons (Fsp3) is 0.261. The third kappa shape index (κ3) is 6.50. The van der Waals surface area contributed by atoms with E-state index in [0.29, 0.717) is 10.6 Å². The van der Waals surface area contributed by atoms with Crippen LogP contribution in [0.5, 0.6) is 0 Å². The summed E-state index contributed by atoms with van der Waals surface area (Å²) in [5.74, 6) is -3.74. The summed E-state index contributed by atoms with van der Waals surface area (Å²) in [6.07, 6.45) is 1.71. The number of thiocarbonyl (C=S) groups is 1. The number of carbonyl (C=O) groups is 3. The van der Waals surface area contributed by atoms with E-state index in [1.807, 2.05) is 29.2 Å². The van der Waals surface area contributed by atoms with Crippen LogP contribution in [0.15, 0.2) is 44.6 Å². The molecule has 2 aromatic rings. The van der Waals surface area contributed by atoms with Gasteiger partial charge in [0.15, 0.2) is 0 Å². The fourth-order valence-electron chi connectivity index (χ4n) is 3.98.